The zero-order valence-corrected chi connectivity index (χ0v) is 13.4. The summed E-state index contributed by atoms with van der Waals surface area (Å²) in [5.41, 5.74) is 0.639. The van der Waals surface area contributed by atoms with Crippen molar-refractivity contribution in [2.24, 2.45) is 0 Å². The minimum absolute atomic E-state index is 0.0114. The summed E-state index contributed by atoms with van der Waals surface area (Å²) >= 11 is 3.40. The number of benzene rings is 1. The molecule has 2 fully saturated rings. The average molecular weight is 353 g/mol. The van der Waals surface area contributed by atoms with Gasteiger partial charge in [0.2, 0.25) is 5.91 Å². The van der Waals surface area contributed by atoms with E-state index in [1.165, 1.54) is 0 Å². The summed E-state index contributed by atoms with van der Waals surface area (Å²) in [6, 6.07) is 5.54. The van der Waals surface area contributed by atoms with Crippen LogP contribution >= 0.6 is 15.9 Å². The van der Waals surface area contributed by atoms with Crippen LogP contribution in [0.2, 0.25) is 0 Å². The van der Waals surface area contributed by atoms with Gasteiger partial charge in [-0.3, -0.25) is 9.59 Å². The Labute approximate surface area is 132 Å². The standard InChI is InChI=1S/C15H17BrN2O3/c1-21-13-4-2-10(8-12(13)16)15(20)17-6-7-18-11(9-17)3-5-14(18)19/h2,4,8,11H,3,5-7,9H2,1H3. The first-order valence-corrected chi connectivity index (χ1v) is 7.81. The van der Waals surface area contributed by atoms with Gasteiger partial charge in [0, 0.05) is 37.7 Å². The number of piperazine rings is 1. The molecule has 0 saturated carbocycles. The Hall–Kier alpha value is -1.56. The number of nitrogens with zero attached hydrogens (tertiary/aromatic N) is 2. The van der Waals surface area contributed by atoms with Crippen LogP contribution in [0.15, 0.2) is 22.7 Å². The molecule has 0 aromatic heterocycles. The van der Waals surface area contributed by atoms with Gasteiger partial charge in [0.05, 0.1) is 11.6 Å². The lowest BCUT2D eigenvalue weighted by Gasteiger charge is -2.37. The molecule has 2 aliphatic heterocycles. The van der Waals surface area contributed by atoms with E-state index in [0.29, 0.717) is 37.4 Å². The lowest BCUT2D eigenvalue weighted by atomic mass is 10.1. The second-order valence-corrected chi connectivity index (χ2v) is 6.23. The summed E-state index contributed by atoms with van der Waals surface area (Å²) in [4.78, 5) is 28.0. The fraction of sp³-hybridized carbons (Fsp3) is 0.467. The first-order valence-electron chi connectivity index (χ1n) is 7.02. The van der Waals surface area contributed by atoms with Gasteiger partial charge in [0.1, 0.15) is 5.75 Å². The van der Waals surface area contributed by atoms with E-state index in [1.54, 1.807) is 25.3 Å². The van der Waals surface area contributed by atoms with Crippen molar-refractivity contribution >= 4 is 27.7 Å². The maximum absolute atomic E-state index is 12.6. The number of halogens is 1. The van der Waals surface area contributed by atoms with Gasteiger partial charge in [0.15, 0.2) is 0 Å². The van der Waals surface area contributed by atoms with Crippen LogP contribution in [0.1, 0.15) is 23.2 Å². The molecule has 1 atom stereocenters. The number of rotatable bonds is 2. The van der Waals surface area contributed by atoms with E-state index in [2.05, 4.69) is 15.9 Å². The third kappa shape index (κ3) is 2.64. The van der Waals surface area contributed by atoms with Gasteiger partial charge < -0.3 is 14.5 Å². The van der Waals surface area contributed by atoms with E-state index in [4.69, 9.17) is 4.74 Å². The third-order valence-corrected chi connectivity index (χ3v) is 4.80. The van der Waals surface area contributed by atoms with Crippen LogP contribution in [0.25, 0.3) is 0 Å². The highest BCUT2D eigenvalue weighted by Crippen LogP contribution is 2.27. The summed E-state index contributed by atoms with van der Waals surface area (Å²) in [6.45, 7) is 1.88. The maximum atomic E-state index is 12.6. The number of carbonyl (C=O) groups is 2. The number of hydrogen-bond acceptors (Lipinski definition) is 3. The molecule has 0 N–H and O–H groups in total. The second kappa shape index (κ2) is 5.67. The zero-order chi connectivity index (χ0) is 15.0. The van der Waals surface area contributed by atoms with Gasteiger partial charge in [-0.2, -0.15) is 0 Å². The van der Waals surface area contributed by atoms with Gasteiger partial charge in [0.25, 0.3) is 5.91 Å². The summed E-state index contributed by atoms with van der Waals surface area (Å²) in [6.07, 6.45) is 1.47. The molecule has 21 heavy (non-hydrogen) atoms. The predicted octanol–water partition coefficient (Wildman–Crippen LogP) is 1.90. The normalized spacial score (nSPS) is 21.4. The molecule has 1 aromatic carbocycles. The van der Waals surface area contributed by atoms with Crippen LogP contribution in [-0.2, 0) is 4.79 Å². The van der Waals surface area contributed by atoms with Crippen molar-refractivity contribution in [1.82, 2.24) is 9.80 Å². The van der Waals surface area contributed by atoms with Crippen molar-refractivity contribution in [3.05, 3.63) is 28.2 Å². The van der Waals surface area contributed by atoms with Gasteiger partial charge in [-0.25, -0.2) is 0 Å². The van der Waals surface area contributed by atoms with E-state index in [0.717, 1.165) is 10.9 Å². The Morgan fingerprint density at radius 1 is 1.38 bits per heavy atom. The lowest BCUT2D eigenvalue weighted by Crippen LogP contribution is -2.53. The average Bonchev–Trinajstić information content (AvgIpc) is 2.87. The molecule has 3 rings (SSSR count). The molecule has 1 aromatic rings. The predicted molar refractivity (Wildman–Crippen MR) is 81.3 cm³/mol. The fourth-order valence-electron chi connectivity index (χ4n) is 3.03. The van der Waals surface area contributed by atoms with Crippen LogP contribution < -0.4 is 4.74 Å². The number of ether oxygens (including phenoxy) is 1. The topological polar surface area (TPSA) is 49.9 Å². The van der Waals surface area contributed by atoms with Crippen LogP contribution in [0.5, 0.6) is 5.75 Å². The molecule has 112 valence electrons. The molecule has 5 nitrogen and oxygen atoms in total. The Morgan fingerprint density at radius 3 is 2.90 bits per heavy atom. The van der Waals surface area contributed by atoms with E-state index in [1.807, 2.05) is 9.80 Å². The van der Waals surface area contributed by atoms with Gasteiger partial charge in [-0.1, -0.05) is 0 Å². The minimum atomic E-state index is 0.0114. The van der Waals surface area contributed by atoms with Crippen LogP contribution in [0, 0.1) is 0 Å². The van der Waals surface area contributed by atoms with Crippen LogP contribution in [0.3, 0.4) is 0 Å². The molecule has 0 radical (unpaired) electrons. The Kier molecular flexibility index (Phi) is 3.89. The van der Waals surface area contributed by atoms with Crippen molar-refractivity contribution in [3.63, 3.8) is 0 Å². The second-order valence-electron chi connectivity index (χ2n) is 5.38. The number of amides is 2. The molecule has 0 bridgehead atoms. The van der Waals surface area contributed by atoms with Crippen LogP contribution in [0.4, 0.5) is 0 Å². The first kappa shape index (κ1) is 14.4. The Bertz CT molecular complexity index is 590. The van der Waals surface area contributed by atoms with E-state index in [9.17, 15) is 9.59 Å². The van der Waals surface area contributed by atoms with Gasteiger partial charge in [-0.05, 0) is 40.5 Å². The number of fused-ring (bicyclic) bond motifs is 1. The van der Waals surface area contributed by atoms with Gasteiger partial charge >= 0.3 is 0 Å². The Balaban J connectivity index is 1.74. The number of hydrogen-bond donors (Lipinski definition) is 0. The first-order chi connectivity index (χ1) is 10.1. The molecule has 0 aliphatic carbocycles. The molecule has 2 aliphatic rings. The smallest absolute Gasteiger partial charge is 0.254 e. The molecule has 2 heterocycles. The molecule has 0 spiro atoms. The maximum Gasteiger partial charge on any atom is 0.254 e. The van der Waals surface area contributed by atoms with Gasteiger partial charge in [-0.15, -0.1) is 0 Å². The van der Waals surface area contributed by atoms with E-state index in [-0.39, 0.29) is 17.9 Å². The molecule has 2 saturated heterocycles. The molecular weight excluding hydrogens is 336 g/mol. The lowest BCUT2D eigenvalue weighted by molar-refractivity contribution is -0.130. The summed E-state index contributed by atoms with van der Waals surface area (Å²) < 4.78 is 5.95. The molecule has 1 unspecified atom stereocenters. The number of methoxy groups -OCH3 is 1. The third-order valence-electron chi connectivity index (χ3n) is 4.18. The molecule has 2 amide bonds. The minimum Gasteiger partial charge on any atom is -0.496 e. The molecule has 6 heteroatoms. The van der Waals surface area contributed by atoms with Crippen molar-refractivity contribution in [1.29, 1.82) is 0 Å². The highest BCUT2D eigenvalue weighted by molar-refractivity contribution is 9.10. The van der Waals surface area contributed by atoms with Crippen molar-refractivity contribution in [2.75, 3.05) is 26.7 Å². The fourth-order valence-corrected chi connectivity index (χ4v) is 3.57. The van der Waals surface area contributed by atoms with Crippen molar-refractivity contribution in [2.45, 2.75) is 18.9 Å². The summed E-state index contributed by atoms with van der Waals surface area (Å²) in [5.74, 6) is 0.939. The summed E-state index contributed by atoms with van der Waals surface area (Å²) in [5, 5.41) is 0. The highest BCUT2D eigenvalue weighted by Gasteiger charge is 2.37. The number of carbonyl (C=O) groups excluding carboxylic acids is 2. The highest BCUT2D eigenvalue weighted by atomic mass is 79.9. The van der Waals surface area contributed by atoms with Crippen molar-refractivity contribution in [3.8, 4) is 5.75 Å². The zero-order valence-electron chi connectivity index (χ0n) is 11.8. The van der Waals surface area contributed by atoms with E-state index < -0.39 is 0 Å². The summed E-state index contributed by atoms with van der Waals surface area (Å²) in [7, 11) is 1.60. The monoisotopic (exact) mass is 352 g/mol. The Morgan fingerprint density at radius 2 is 2.19 bits per heavy atom. The van der Waals surface area contributed by atoms with E-state index >= 15 is 0 Å². The van der Waals surface area contributed by atoms with Crippen LogP contribution in [-0.4, -0.2) is 54.4 Å². The SMILES string of the molecule is COc1ccc(C(=O)N2CCN3C(=O)CCC3C2)cc1Br. The van der Waals surface area contributed by atoms with Crippen molar-refractivity contribution < 1.29 is 14.3 Å². The quantitative estimate of drug-likeness (QED) is 0.816. The molecular formula is C15H17BrN2O3. The largest absolute Gasteiger partial charge is 0.496 e.